The van der Waals surface area contributed by atoms with E-state index in [0.717, 1.165) is 12.8 Å². The van der Waals surface area contributed by atoms with Crippen LogP contribution < -0.4 is 11.1 Å². The van der Waals surface area contributed by atoms with Crippen molar-refractivity contribution in [3.05, 3.63) is 6.20 Å². The second-order valence-corrected chi connectivity index (χ2v) is 3.70. The van der Waals surface area contributed by atoms with Crippen LogP contribution in [-0.2, 0) is 4.79 Å². The number of nitrogens with two attached hydrogens (primary N) is 1. The fourth-order valence-electron chi connectivity index (χ4n) is 1.63. The number of anilines is 2. The number of nitrogens with zero attached hydrogens (tertiary/aromatic N) is 1. The summed E-state index contributed by atoms with van der Waals surface area (Å²) in [7, 11) is 0. The van der Waals surface area contributed by atoms with Crippen molar-refractivity contribution in [2.45, 2.75) is 19.8 Å². The quantitative estimate of drug-likeness (QED) is 0.670. The van der Waals surface area contributed by atoms with Gasteiger partial charge in [-0.1, -0.05) is 13.3 Å². The Morgan fingerprint density at radius 3 is 3.14 bits per heavy atom. The van der Waals surface area contributed by atoms with Crippen molar-refractivity contribution < 1.29 is 4.79 Å². The van der Waals surface area contributed by atoms with Crippen molar-refractivity contribution >= 4 is 17.4 Å². The first kappa shape index (κ1) is 9.05. The molecule has 0 aromatic carbocycles. The van der Waals surface area contributed by atoms with E-state index in [1.807, 2.05) is 0 Å². The zero-order chi connectivity index (χ0) is 10.1. The number of nitrogen functional groups attached to an aromatic ring is 1. The fraction of sp³-hybridized carbons (Fsp3) is 0.556. The van der Waals surface area contributed by atoms with E-state index in [-0.39, 0.29) is 11.8 Å². The minimum Gasteiger partial charge on any atom is -0.394 e. The molecule has 1 fully saturated rings. The van der Waals surface area contributed by atoms with E-state index in [1.165, 1.54) is 6.20 Å². The molecule has 0 spiro atoms. The number of carbonyl (C=O) groups is 1. The lowest BCUT2D eigenvalue weighted by molar-refractivity contribution is -0.117. The molecule has 0 aliphatic heterocycles. The summed E-state index contributed by atoms with van der Waals surface area (Å²) in [4.78, 5) is 11.6. The standard InChI is InChI=1S/C9H14N4O/c1-2-5-3-6(5)9(14)12-8-7(10)4-11-13-8/h4-6H,2-3,10H2,1H3,(H2,11,12,13,14). The monoisotopic (exact) mass is 194 g/mol. The second kappa shape index (κ2) is 3.32. The van der Waals surface area contributed by atoms with Crippen LogP contribution >= 0.6 is 0 Å². The van der Waals surface area contributed by atoms with Crippen molar-refractivity contribution in [3.63, 3.8) is 0 Å². The lowest BCUT2D eigenvalue weighted by Gasteiger charge is -2.01. The Hall–Kier alpha value is -1.52. The minimum atomic E-state index is 0.0489. The SMILES string of the molecule is CCC1CC1C(=O)Nc1[nH]ncc1N. The van der Waals surface area contributed by atoms with Crippen LogP contribution in [0.1, 0.15) is 19.8 Å². The predicted octanol–water partition coefficient (Wildman–Crippen LogP) is 0.976. The maximum absolute atomic E-state index is 11.6. The highest BCUT2D eigenvalue weighted by Gasteiger charge is 2.41. The van der Waals surface area contributed by atoms with Gasteiger partial charge in [0.2, 0.25) is 5.91 Å². The highest BCUT2D eigenvalue weighted by molar-refractivity contribution is 5.95. The van der Waals surface area contributed by atoms with Gasteiger partial charge in [0.25, 0.3) is 0 Å². The Bertz CT molecular complexity index is 346. The van der Waals surface area contributed by atoms with Crippen LogP contribution in [0.4, 0.5) is 11.5 Å². The number of H-pyrrole nitrogens is 1. The van der Waals surface area contributed by atoms with Gasteiger partial charge in [-0.15, -0.1) is 0 Å². The van der Waals surface area contributed by atoms with Gasteiger partial charge in [0, 0.05) is 5.92 Å². The number of amides is 1. The molecule has 2 rings (SSSR count). The molecule has 1 amide bonds. The normalized spacial score (nSPS) is 24.6. The zero-order valence-electron chi connectivity index (χ0n) is 8.08. The molecule has 5 nitrogen and oxygen atoms in total. The first-order valence-corrected chi connectivity index (χ1v) is 4.82. The Balaban J connectivity index is 1.93. The maximum Gasteiger partial charge on any atom is 0.228 e. The molecule has 1 aromatic heterocycles. The number of hydrogen-bond acceptors (Lipinski definition) is 3. The van der Waals surface area contributed by atoms with Crippen LogP contribution in [0, 0.1) is 11.8 Å². The van der Waals surface area contributed by atoms with Crippen LogP contribution in [0.25, 0.3) is 0 Å². The Morgan fingerprint density at radius 1 is 1.86 bits per heavy atom. The number of nitrogens with one attached hydrogen (secondary N) is 2. The van der Waals surface area contributed by atoms with Crippen molar-refractivity contribution in [1.29, 1.82) is 0 Å². The van der Waals surface area contributed by atoms with Gasteiger partial charge in [-0.3, -0.25) is 9.89 Å². The predicted molar refractivity (Wildman–Crippen MR) is 53.5 cm³/mol. The van der Waals surface area contributed by atoms with Gasteiger partial charge in [0.1, 0.15) is 0 Å². The zero-order valence-corrected chi connectivity index (χ0v) is 8.08. The molecule has 1 heterocycles. The Morgan fingerprint density at radius 2 is 2.64 bits per heavy atom. The first-order valence-electron chi connectivity index (χ1n) is 4.82. The summed E-state index contributed by atoms with van der Waals surface area (Å²) < 4.78 is 0. The van der Waals surface area contributed by atoms with E-state index < -0.39 is 0 Å². The first-order chi connectivity index (χ1) is 6.72. The summed E-state index contributed by atoms with van der Waals surface area (Å²) in [5.41, 5.74) is 6.05. The maximum atomic E-state index is 11.6. The summed E-state index contributed by atoms with van der Waals surface area (Å²) in [6.07, 6.45) is 3.55. The van der Waals surface area contributed by atoms with Crippen LogP contribution in [0.5, 0.6) is 0 Å². The summed E-state index contributed by atoms with van der Waals surface area (Å²) in [5, 5.41) is 9.11. The van der Waals surface area contributed by atoms with Crippen LogP contribution in [0.15, 0.2) is 6.20 Å². The molecule has 1 aromatic rings. The molecule has 0 bridgehead atoms. The Labute approximate surface area is 82.1 Å². The molecular weight excluding hydrogens is 180 g/mol. The molecule has 2 unspecified atom stereocenters. The summed E-state index contributed by atoms with van der Waals surface area (Å²) in [6, 6.07) is 0. The van der Waals surface area contributed by atoms with Gasteiger partial charge in [-0.25, -0.2) is 0 Å². The van der Waals surface area contributed by atoms with Gasteiger partial charge < -0.3 is 11.1 Å². The smallest absolute Gasteiger partial charge is 0.228 e. The van der Waals surface area contributed by atoms with Crippen LogP contribution in [0.3, 0.4) is 0 Å². The van der Waals surface area contributed by atoms with E-state index in [1.54, 1.807) is 0 Å². The van der Waals surface area contributed by atoms with Crippen molar-refractivity contribution in [1.82, 2.24) is 10.2 Å². The minimum absolute atomic E-state index is 0.0489. The lowest BCUT2D eigenvalue weighted by atomic mass is 10.2. The van der Waals surface area contributed by atoms with Gasteiger partial charge in [-0.2, -0.15) is 5.10 Å². The topological polar surface area (TPSA) is 83.8 Å². The molecular formula is C9H14N4O. The van der Waals surface area contributed by atoms with E-state index in [4.69, 9.17) is 5.73 Å². The molecule has 4 N–H and O–H groups in total. The van der Waals surface area contributed by atoms with Crippen molar-refractivity contribution in [3.8, 4) is 0 Å². The number of aromatic amines is 1. The second-order valence-electron chi connectivity index (χ2n) is 3.70. The third-order valence-corrected chi connectivity index (χ3v) is 2.70. The summed E-state index contributed by atoms with van der Waals surface area (Å²) in [6.45, 7) is 2.10. The van der Waals surface area contributed by atoms with E-state index >= 15 is 0 Å². The van der Waals surface area contributed by atoms with Crippen molar-refractivity contribution in [2.75, 3.05) is 11.1 Å². The van der Waals surface area contributed by atoms with E-state index in [0.29, 0.717) is 17.4 Å². The third-order valence-electron chi connectivity index (χ3n) is 2.70. The molecule has 14 heavy (non-hydrogen) atoms. The van der Waals surface area contributed by atoms with Crippen LogP contribution in [-0.4, -0.2) is 16.1 Å². The Kier molecular flexibility index (Phi) is 2.15. The molecule has 76 valence electrons. The molecule has 0 saturated heterocycles. The van der Waals surface area contributed by atoms with Crippen molar-refractivity contribution in [2.24, 2.45) is 11.8 Å². The number of carbonyl (C=O) groups excluding carboxylic acids is 1. The van der Waals surface area contributed by atoms with Gasteiger partial charge in [-0.05, 0) is 12.3 Å². The average molecular weight is 194 g/mol. The number of rotatable bonds is 3. The summed E-state index contributed by atoms with van der Waals surface area (Å²) >= 11 is 0. The molecule has 1 aliphatic rings. The fourth-order valence-corrected chi connectivity index (χ4v) is 1.63. The average Bonchev–Trinajstić information content (AvgIpc) is 2.87. The van der Waals surface area contributed by atoms with Gasteiger partial charge >= 0.3 is 0 Å². The molecule has 0 radical (unpaired) electrons. The summed E-state index contributed by atoms with van der Waals surface area (Å²) in [5.74, 6) is 1.28. The van der Waals surface area contributed by atoms with E-state index in [2.05, 4.69) is 22.4 Å². The molecule has 1 saturated carbocycles. The molecule has 2 atom stereocenters. The van der Waals surface area contributed by atoms with Crippen LogP contribution in [0.2, 0.25) is 0 Å². The van der Waals surface area contributed by atoms with E-state index in [9.17, 15) is 4.79 Å². The highest BCUT2D eigenvalue weighted by Crippen LogP contribution is 2.41. The third kappa shape index (κ3) is 1.57. The number of hydrogen-bond donors (Lipinski definition) is 3. The number of aromatic nitrogens is 2. The largest absolute Gasteiger partial charge is 0.394 e. The van der Waals surface area contributed by atoms with Gasteiger partial charge in [0.15, 0.2) is 5.82 Å². The molecule has 5 heteroatoms. The van der Waals surface area contributed by atoms with Gasteiger partial charge in [0.05, 0.1) is 11.9 Å². The molecule has 1 aliphatic carbocycles. The lowest BCUT2D eigenvalue weighted by Crippen LogP contribution is -2.15. The highest BCUT2D eigenvalue weighted by atomic mass is 16.2.